The molecule has 0 radical (unpaired) electrons. The van der Waals surface area contributed by atoms with Gasteiger partial charge in [0.25, 0.3) is 15.9 Å². The predicted molar refractivity (Wildman–Crippen MR) is 152 cm³/mol. The van der Waals surface area contributed by atoms with Crippen molar-refractivity contribution in [1.82, 2.24) is 0 Å². The lowest BCUT2D eigenvalue weighted by molar-refractivity contribution is -0.00277. The smallest absolute Gasteiger partial charge is 0.263 e. The summed E-state index contributed by atoms with van der Waals surface area (Å²) in [5, 5.41) is 2.97. The molecule has 0 unspecified atom stereocenters. The van der Waals surface area contributed by atoms with E-state index in [4.69, 9.17) is 11.6 Å². The summed E-state index contributed by atoms with van der Waals surface area (Å²) in [6.45, 7) is 3.78. The van der Waals surface area contributed by atoms with Crippen molar-refractivity contribution in [3.05, 3.63) is 87.9 Å². The first-order valence-electron chi connectivity index (χ1n) is 13.5. The van der Waals surface area contributed by atoms with E-state index in [0.717, 1.165) is 34.8 Å². The minimum Gasteiger partial charge on any atom is -0.322 e. The average Bonchev–Trinajstić information content (AvgIpc) is 2.86. The van der Waals surface area contributed by atoms with Crippen LogP contribution >= 0.6 is 11.6 Å². The number of carbonyl (C=O) groups excluding carboxylic acids is 1. The SMILES string of the molecule is Cc1ccc(NS(=O)(=O)c2cc(C(=O)Nc3ccc(C4C5CC6CC(C5)CC4C6)cc3)ccc2Cl)c(C)c1. The van der Waals surface area contributed by atoms with Crippen LogP contribution in [-0.4, -0.2) is 14.3 Å². The van der Waals surface area contributed by atoms with E-state index in [1.54, 1.807) is 6.07 Å². The number of amides is 1. The molecule has 4 fully saturated rings. The van der Waals surface area contributed by atoms with Crippen LogP contribution in [0.3, 0.4) is 0 Å². The molecule has 7 rings (SSSR count). The van der Waals surface area contributed by atoms with Crippen molar-refractivity contribution in [2.24, 2.45) is 23.7 Å². The molecule has 0 saturated heterocycles. The van der Waals surface area contributed by atoms with Gasteiger partial charge in [0.15, 0.2) is 0 Å². The normalized spacial score (nSPS) is 25.8. The summed E-state index contributed by atoms with van der Waals surface area (Å²) in [4.78, 5) is 12.9. The van der Waals surface area contributed by atoms with Gasteiger partial charge in [-0.25, -0.2) is 8.42 Å². The quantitative estimate of drug-likeness (QED) is 0.334. The van der Waals surface area contributed by atoms with Gasteiger partial charge < -0.3 is 5.32 Å². The van der Waals surface area contributed by atoms with Crippen molar-refractivity contribution >= 4 is 38.9 Å². The van der Waals surface area contributed by atoms with Crippen molar-refractivity contribution < 1.29 is 13.2 Å². The highest BCUT2D eigenvalue weighted by Crippen LogP contribution is 2.59. The van der Waals surface area contributed by atoms with Crippen molar-refractivity contribution in [3.63, 3.8) is 0 Å². The summed E-state index contributed by atoms with van der Waals surface area (Å²) in [5.41, 5.74) is 4.61. The van der Waals surface area contributed by atoms with E-state index in [1.165, 1.54) is 55.9 Å². The molecule has 4 saturated carbocycles. The lowest BCUT2D eigenvalue weighted by Crippen LogP contribution is -2.43. The Morgan fingerprint density at radius 3 is 2.13 bits per heavy atom. The maximum atomic E-state index is 13.2. The van der Waals surface area contributed by atoms with E-state index in [1.807, 2.05) is 38.1 Å². The van der Waals surface area contributed by atoms with E-state index in [-0.39, 0.29) is 21.4 Å². The maximum Gasteiger partial charge on any atom is 0.263 e. The molecule has 4 aliphatic carbocycles. The minimum atomic E-state index is -4.00. The van der Waals surface area contributed by atoms with E-state index in [9.17, 15) is 13.2 Å². The molecule has 0 spiro atoms. The van der Waals surface area contributed by atoms with Gasteiger partial charge in [0.05, 0.1) is 10.7 Å². The van der Waals surface area contributed by atoms with Gasteiger partial charge in [-0.1, -0.05) is 41.4 Å². The third kappa shape index (κ3) is 4.85. The lowest BCUT2D eigenvalue weighted by Gasteiger charge is -2.54. The van der Waals surface area contributed by atoms with Crippen LogP contribution in [0.5, 0.6) is 0 Å². The topological polar surface area (TPSA) is 75.3 Å². The Kier molecular flexibility index (Phi) is 6.51. The highest BCUT2D eigenvalue weighted by Gasteiger charge is 2.48. The molecule has 1 amide bonds. The molecule has 198 valence electrons. The zero-order chi connectivity index (χ0) is 26.6. The summed E-state index contributed by atoms with van der Waals surface area (Å²) in [6, 6.07) is 18.0. The summed E-state index contributed by atoms with van der Waals surface area (Å²) in [6.07, 6.45) is 6.93. The number of anilines is 2. The van der Waals surface area contributed by atoms with Crippen molar-refractivity contribution in [2.45, 2.75) is 56.8 Å². The van der Waals surface area contributed by atoms with Gasteiger partial charge in [0.2, 0.25) is 0 Å². The van der Waals surface area contributed by atoms with Gasteiger partial charge >= 0.3 is 0 Å². The van der Waals surface area contributed by atoms with Crippen LogP contribution in [0.1, 0.15) is 65.1 Å². The fourth-order valence-corrected chi connectivity index (χ4v) is 9.10. The highest BCUT2D eigenvalue weighted by molar-refractivity contribution is 7.92. The Morgan fingerprint density at radius 2 is 1.50 bits per heavy atom. The van der Waals surface area contributed by atoms with Crippen LogP contribution < -0.4 is 10.0 Å². The fraction of sp³-hybridized carbons (Fsp3) is 0.387. The summed E-state index contributed by atoms with van der Waals surface area (Å²) < 4.78 is 28.9. The maximum absolute atomic E-state index is 13.2. The van der Waals surface area contributed by atoms with Crippen LogP contribution in [0, 0.1) is 37.5 Å². The van der Waals surface area contributed by atoms with Gasteiger partial charge in [-0.15, -0.1) is 0 Å². The minimum absolute atomic E-state index is 0.0545. The molecule has 7 heteroatoms. The number of benzene rings is 3. The first-order valence-corrected chi connectivity index (χ1v) is 15.3. The number of carbonyl (C=O) groups is 1. The standard InChI is InChI=1S/C31H33ClN2O3S/c1-18-3-10-28(19(2)11-18)34-38(36,37)29-17-23(6-9-27(29)32)31(35)33-26-7-4-22(5-8-26)30-24-13-20-12-21(15-24)16-25(30)14-20/h3-11,17,20-21,24-25,30,34H,12-16H2,1-2H3,(H,33,35). The van der Waals surface area contributed by atoms with Crippen LogP contribution in [0.15, 0.2) is 65.6 Å². The first-order chi connectivity index (χ1) is 18.2. The lowest BCUT2D eigenvalue weighted by atomic mass is 9.51. The third-order valence-corrected chi connectivity index (χ3v) is 10.7. The molecule has 2 N–H and O–H groups in total. The molecule has 3 aromatic carbocycles. The molecule has 5 nitrogen and oxygen atoms in total. The average molecular weight is 549 g/mol. The Morgan fingerprint density at radius 1 is 0.842 bits per heavy atom. The molecule has 3 aromatic rings. The zero-order valence-corrected chi connectivity index (χ0v) is 23.3. The first kappa shape index (κ1) is 25.4. The second kappa shape index (κ2) is 9.73. The monoisotopic (exact) mass is 548 g/mol. The number of nitrogens with one attached hydrogen (secondary N) is 2. The second-order valence-corrected chi connectivity index (χ2v) is 13.7. The Balaban J connectivity index is 1.17. The number of aryl methyl sites for hydroxylation is 2. The number of hydrogen-bond acceptors (Lipinski definition) is 3. The fourth-order valence-electron chi connectivity index (χ4n) is 7.44. The van der Waals surface area contributed by atoms with Crippen LogP contribution in [0.2, 0.25) is 5.02 Å². The largest absolute Gasteiger partial charge is 0.322 e. The molecular formula is C31H33ClN2O3S. The van der Waals surface area contributed by atoms with Crippen LogP contribution in [0.25, 0.3) is 0 Å². The molecule has 4 aliphatic rings. The molecule has 0 aliphatic heterocycles. The second-order valence-electron chi connectivity index (χ2n) is 11.6. The number of halogens is 1. The molecule has 0 heterocycles. The zero-order valence-electron chi connectivity index (χ0n) is 21.7. The predicted octanol–water partition coefficient (Wildman–Crippen LogP) is 7.55. The highest BCUT2D eigenvalue weighted by atomic mass is 35.5. The van der Waals surface area contributed by atoms with Gasteiger partial charge in [-0.2, -0.15) is 0 Å². The summed E-state index contributed by atoms with van der Waals surface area (Å²) >= 11 is 6.27. The molecular weight excluding hydrogens is 516 g/mol. The van der Waals surface area contributed by atoms with Crippen LogP contribution in [0.4, 0.5) is 11.4 Å². The van der Waals surface area contributed by atoms with Crippen molar-refractivity contribution in [1.29, 1.82) is 0 Å². The van der Waals surface area contributed by atoms with E-state index >= 15 is 0 Å². The molecule has 0 atom stereocenters. The third-order valence-electron chi connectivity index (χ3n) is 8.89. The number of sulfonamides is 1. The Labute approximate surface area is 230 Å². The van der Waals surface area contributed by atoms with E-state index < -0.39 is 10.0 Å². The van der Waals surface area contributed by atoms with Gasteiger partial charge in [-0.05, 0) is 123 Å². The number of hydrogen-bond donors (Lipinski definition) is 2. The van der Waals surface area contributed by atoms with Gasteiger partial charge in [-0.3, -0.25) is 9.52 Å². The Hall–Kier alpha value is -2.83. The Bertz CT molecular complexity index is 1470. The summed E-state index contributed by atoms with van der Waals surface area (Å²) in [5.74, 6) is 3.75. The van der Waals surface area contributed by atoms with Gasteiger partial charge in [0, 0.05) is 11.3 Å². The van der Waals surface area contributed by atoms with Crippen molar-refractivity contribution in [3.8, 4) is 0 Å². The molecule has 0 aromatic heterocycles. The van der Waals surface area contributed by atoms with E-state index in [2.05, 4.69) is 22.2 Å². The molecule has 38 heavy (non-hydrogen) atoms. The summed E-state index contributed by atoms with van der Waals surface area (Å²) in [7, 11) is -4.00. The van der Waals surface area contributed by atoms with Crippen LogP contribution in [-0.2, 0) is 10.0 Å². The molecule has 4 bridgehead atoms. The number of rotatable bonds is 6. The van der Waals surface area contributed by atoms with Crippen molar-refractivity contribution in [2.75, 3.05) is 10.0 Å². The van der Waals surface area contributed by atoms with Gasteiger partial charge in [0.1, 0.15) is 4.90 Å². The van der Waals surface area contributed by atoms with E-state index in [0.29, 0.717) is 17.3 Å².